The van der Waals surface area contributed by atoms with E-state index < -0.39 is 0 Å². The number of halogens is 1. The van der Waals surface area contributed by atoms with Crippen LogP contribution in [-0.2, 0) is 0 Å². The van der Waals surface area contributed by atoms with Crippen molar-refractivity contribution in [2.24, 2.45) is 0 Å². The largest absolute Gasteiger partial charge is 0.323 e. The number of hydrogen-bond donors (Lipinski definition) is 2. The maximum atomic E-state index is 12.7. The molecule has 0 aliphatic rings. The summed E-state index contributed by atoms with van der Waals surface area (Å²) in [6.07, 6.45) is 4.88. The number of H-pyrrole nitrogens is 1. The van der Waals surface area contributed by atoms with Crippen molar-refractivity contribution in [1.82, 2.24) is 19.9 Å². The Labute approximate surface area is 154 Å². The third-order valence-corrected chi connectivity index (χ3v) is 4.25. The fourth-order valence-electron chi connectivity index (χ4n) is 2.65. The topological polar surface area (TPSA) is 83.6 Å². The minimum atomic E-state index is -0.266. The molecule has 3 heterocycles. The van der Waals surface area contributed by atoms with E-state index in [0.717, 1.165) is 11.1 Å². The molecule has 128 valence electrons. The molecular formula is C19H14ClN5O. The zero-order valence-electron chi connectivity index (χ0n) is 13.8. The number of hydrogen-bond acceptors (Lipinski definition) is 4. The molecule has 7 heteroatoms. The lowest BCUT2D eigenvalue weighted by Crippen LogP contribution is -2.13. The smallest absolute Gasteiger partial charge is 0.258 e. The lowest BCUT2D eigenvalue weighted by Gasteiger charge is -2.07. The second-order valence-electron chi connectivity index (χ2n) is 5.80. The molecule has 0 radical (unpaired) electrons. The Morgan fingerprint density at radius 2 is 2.08 bits per heavy atom. The van der Waals surface area contributed by atoms with Gasteiger partial charge in [0.1, 0.15) is 11.3 Å². The third-order valence-electron chi connectivity index (χ3n) is 4.01. The van der Waals surface area contributed by atoms with Crippen molar-refractivity contribution < 1.29 is 4.79 Å². The van der Waals surface area contributed by atoms with Gasteiger partial charge in [-0.25, -0.2) is 9.97 Å². The first-order valence-corrected chi connectivity index (χ1v) is 8.32. The van der Waals surface area contributed by atoms with E-state index >= 15 is 0 Å². The predicted molar refractivity (Wildman–Crippen MR) is 101 cm³/mol. The maximum Gasteiger partial charge on any atom is 0.258 e. The minimum Gasteiger partial charge on any atom is -0.323 e. The van der Waals surface area contributed by atoms with E-state index in [1.165, 1.54) is 0 Å². The summed E-state index contributed by atoms with van der Waals surface area (Å²) < 4.78 is 0. The van der Waals surface area contributed by atoms with Gasteiger partial charge in [-0.05, 0) is 36.8 Å². The van der Waals surface area contributed by atoms with E-state index in [1.54, 1.807) is 36.8 Å². The van der Waals surface area contributed by atoms with E-state index in [2.05, 4.69) is 25.3 Å². The van der Waals surface area contributed by atoms with Crippen LogP contribution in [0.15, 0.2) is 55.0 Å². The van der Waals surface area contributed by atoms with Crippen LogP contribution < -0.4 is 5.32 Å². The fourth-order valence-corrected chi connectivity index (χ4v) is 2.84. The molecule has 0 aliphatic heterocycles. The Morgan fingerprint density at radius 1 is 1.19 bits per heavy atom. The first-order chi connectivity index (χ1) is 12.6. The van der Waals surface area contributed by atoms with Gasteiger partial charge in [0.05, 0.1) is 17.4 Å². The Hall–Kier alpha value is -3.25. The molecule has 0 spiro atoms. The lowest BCUT2D eigenvalue weighted by molar-refractivity contribution is 0.102. The standard InChI is InChI=1S/C19H14ClN5O/c1-11-5-7-21-10-15(11)23-19(26)14-6-8-22-18-16(14)24-17(25-18)12-3-2-4-13(20)9-12/h2-10H,1H3,(H,23,26)(H,22,24,25). The number of benzene rings is 1. The Kier molecular flexibility index (Phi) is 4.10. The van der Waals surface area contributed by atoms with Crippen LogP contribution in [0, 0.1) is 6.92 Å². The van der Waals surface area contributed by atoms with Crippen molar-refractivity contribution in [2.75, 3.05) is 5.32 Å². The van der Waals surface area contributed by atoms with Gasteiger partial charge < -0.3 is 10.3 Å². The number of fused-ring (bicyclic) bond motifs is 1. The number of amides is 1. The Bertz CT molecular complexity index is 1120. The van der Waals surface area contributed by atoms with Crippen LogP contribution in [0.25, 0.3) is 22.6 Å². The highest BCUT2D eigenvalue weighted by atomic mass is 35.5. The zero-order valence-corrected chi connectivity index (χ0v) is 14.6. The summed E-state index contributed by atoms with van der Waals surface area (Å²) in [4.78, 5) is 28.8. The van der Waals surface area contributed by atoms with Gasteiger partial charge >= 0.3 is 0 Å². The van der Waals surface area contributed by atoms with Crippen LogP contribution in [0.3, 0.4) is 0 Å². The number of carbonyl (C=O) groups is 1. The molecule has 26 heavy (non-hydrogen) atoms. The summed E-state index contributed by atoms with van der Waals surface area (Å²) in [5.41, 5.74) is 3.89. The average Bonchev–Trinajstić information content (AvgIpc) is 3.08. The van der Waals surface area contributed by atoms with E-state index in [9.17, 15) is 4.79 Å². The fraction of sp³-hybridized carbons (Fsp3) is 0.0526. The Balaban J connectivity index is 1.74. The summed E-state index contributed by atoms with van der Waals surface area (Å²) in [7, 11) is 0. The van der Waals surface area contributed by atoms with Crippen LogP contribution in [-0.4, -0.2) is 25.8 Å². The van der Waals surface area contributed by atoms with E-state index in [-0.39, 0.29) is 5.91 Å². The van der Waals surface area contributed by atoms with E-state index in [4.69, 9.17) is 11.6 Å². The van der Waals surface area contributed by atoms with E-state index in [0.29, 0.717) is 33.3 Å². The van der Waals surface area contributed by atoms with Crippen molar-refractivity contribution in [3.05, 3.63) is 71.1 Å². The number of imidazole rings is 1. The summed E-state index contributed by atoms with van der Waals surface area (Å²) in [6.45, 7) is 1.91. The number of aryl methyl sites for hydroxylation is 1. The summed E-state index contributed by atoms with van der Waals surface area (Å²) in [6, 6.07) is 10.8. The quantitative estimate of drug-likeness (QED) is 0.570. The van der Waals surface area contributed by atoms with Gasteiger partial charge in [0.2, 0.25) is 0 Å². The maximum absolute atomic E-state index is 12.7. The highest BCUT2D eigenvalue weighted by Crippen LogP contribution is 2.24. The highest BCUT2D eigenvalue weighted by molar-refractivity contribution is 6.30. The molecule has 0 fully saturated rings. The van der Waals surface area contributed by atoms with Crippen LogP contribution in [0.4, 0.5) is 5.69 Å². The van der Waals surface area contributed by atoms with Gasteiger partial charge in [0.15, 0.2) is 5.65 Å². The van der Waals surface area contributed by atoms with Gasteiger partial charge in [0.25, 0.3) is 5.91 Å². The SMILES string of the molecule is Cc1ccncc1NC(=O)c1ccnc2[nH]c(-c3cccc(Cl)c3)nc12. The number of anilines is 1. The monoisotopic (exact) mass is 363 g/mol. The molecular weight excluding hydrogens is 350 g/mol. The first kappa shape index (κ1) is 16.2. The normalized spacial score (nSPS) is 10.8. The van der Waals surface area contributed by atoms with Gasteiger partial charge in [-0.15, -0.1) is 0 Å². The van der Waals surface area contributed by atoms with Gasteiger partial charge in [0, 0.05) is 23.0 Å². The van der Waals surface area contributed by atoms with Crippen molar-refractivity contribution >= 4 is 34.4 Å². The number of nitrogens with zero attached hydrogens (tertiary/aromatic N) is 3. The first-order valence-electron chi connectivity index (χ1n) is 7.94. The highest BCUT2D eigenvalue weighted by Gasteiger charge is 2.16. The van der Waals surface area contributed by atoms with Crippen molar-refractivity contribution in [2.45, 2.75) is 6.92 Å². The molecule has 4 aromatic rings. The molecule has 0 unspecified atom stereocenters. The molecule has 0 atom stereocenters. The third kappa shape index (κ3) is 3.02. The number of nitrogens with one attached hydrogen (secondary N) is 2. The summed E-state index contributed by atoms with van der Waals surface area (Å²) in [5, 5.41) is 3.48. The molecule has 0 saturated carbocycles. The predicted octanol–water partition coefficient (Wildman–Crippen LogP) is 4.23. The van der Waals surface area contributed by atoms with Crippen LogP contribution >= 0.6 is 11.6 Å². The van der Waals surface area contributed by atoms with Crippen LogP contribution in [0.2, 0.25) is 5.02 Å². The van der Waals surface area contributed by atoms with Gasteiger partial charge in [-0.3, -0.25) is 9.78 Å². The van der Waals surface area contributed by atoms with E-state index in [1.807, 2.05) is 25.1 Å². The minimum absolute atomic E-state index is 0.266. The molecule has 0 aliphatic carbocycles. The second-order valence-corrected chi connectivity index (χ2v) is 6.23. The van der Waals surface area contributed by atoms with Crippen LogP contribution in [0.5, 0.6) is 0 Å². The Morgan fingerprint density at radius 3 is 2.88 bits per heavy atom. The number of pyridine rings is 2. The summed E-state index contributed by atoms with van der Waals surface area (Å²) in [5.74, 6) is 0.338. The summed E-state index contributed by atoms with van der Waals surface area (Å²) >= 11 is 6.05. The lowest BCUT2D eigenvalue weighted by atomic mass is 10.2. The van der Waals surface area contributed by atoms with Crippen molar-refractivity contribution in [3.63, 3.8) is 0 Å². The van der Waals surface area contributed by atoms with Gasteiger partial charge in [-0.2, -0.15) is 0 Å². The number of aromatic amines is 1. The molecule has 6 nitrogen and oxygen atoms in total. The molecule has 1 amide bonds. The van der Waals surface area contributed by atoms with Crippen LogP contribution in [0.1, 0.15) is 15.9 Å². The van der Waals surface area contributed by atoms with Crippen molar-refractivity contribution in [3.8, 4) is 11.4 Å². The van der Waals surface area contributed by atoms with Gasteiger partial charge in [-0.1, -0.05) is 23.7 Å². The molecule has 2 N–H and O–H groups in total. The van der Waals surface area contributed by atoms with Crippen molar-refractivity contribution in [1.29, 1.82) is 0 Å². The molecule has 0 bridgehead atoms. The molecule has 4 rings (SSSR count). The molecule has 3 aromatic heterocycles. The zero-order chi connectivity index (χ0) is 18.1. The number of aromatic nitrogens is 4. The number of carbonyl (C=O) groups excluding carboxylic acids is 1. The number of rotatable bonds is 3. The second kappa shape index (κ2) is 6.57. The molecule has 1 aromatic carbocycles. The average molecular weight is 364 g/mol. The molecule has 0 saturated heterocycles.